The highest BCUT2D eigenvalue weighted by Crippen LogP contribution is 2.44. The van der Waals surface area contributed by atoms with E-state index in [1.54, 1.807) is 4.68 Å². The van der Waals surface area contributed by atoms with Crippen LogP contribution in [0.1, 0.15) is 51.8 Å². The second kappa shape index (κ2) is 4.07. The van der Waals surface area contributed by atoms with Crippen LogP contribution in [0.2, 0.25) is 0 Å². The van der Waals surface area contributed by atoms with Crippen molar-refractivity contribution in [3.8, 4) is 0 Å². The maximum Gasteiger partial charge on any atom is 0.218 e. The lowest BCUT2D eigenvalue weighted by molar-refractivity contribution is 0.328. The fourth-order valence-electron chi connectivity index (χ4n) is 2.97. The number of hydrogen-bond acceptors (Lipinski definition) is 3. The van der Waals surface area contributed by atoms with Gasteiger partial charge in [0, 0.05) is 12.5 Å². The summed E-state index contributed by atoms with van der Waals surface area (Å²) in [6, 6.07) is 0. The highest BCUT2D eigenvalue weighted by atomic mass is 15.4. The molecule has 1 aliphatic carbocycles. The van der Waals surface area contributed by atoms with Crippen LogP contribution in [0.5, 0.6) is 0 Å². The SMILES string of the molecule is CC(C)CC1(c2nc(N)n(C)n2)CCCC1. The van der Waals surface area contributed by atoms with E-state index in [9.17, 15) is 0 Å². The Hall–Kier alpha value is -1.06. The molecule has 2 rings (SSSR count). The number of nitrogens with zero attached hydrogens (tertiary/aromatic N) is 3. The highest BCUT2D eigenvalue weighted by molar-refractivity contribution is 5.21. The number of nitrogen functional groups attached to an aromatic ring is 1. The molecule has 0 saturated heterocycles. The first-order chi connectivity index (χ1) is 7.53. The summed E-state index contributed by atoms with van der Waals surface area (Å²) in [4.78, 5) is 4.45. The standard InChI is InChI=1S/C12H22N4/c1-9(2)8-12(6-4-5-7-12)10-14-11(13)16(3)15-10/h9H,4-8H2,1-3H3,(H2,13,14,15). The van der Waals surface area contributed by atoms with Crippen LogP contribution >= 0.6 is 0 Å². The predicted octanol–water partition coefficient (Wildman–Crippen LogP) is 2.26. The summed E-state index contributed by atoms with van der Waals surface area (Å²) in [7, 11) is 1.86. The van der Waals surface area contributed by atoms with Crippen molar-refractivity contribution in [2.24, 2.45) is 13.0 Å². The van der Waals surface area contributed by atoms with Crippen molar-refractivity contribution in [2.45, 2.75) is 51.4 Å². The summed E-state index contributed by atoms with van der Waals surface area (Å²) >= 11 is 0. The first-order valence-corrected chi connectivity index (χ1v) is 6.20. The molecule has 0 atom stereocenters. The lowest BCUT2D eigenvalue weighted by atomic mass is 9.78. The van der Waals surface area contributed by atoms with Crippen molar-refractivity contribution >= 4 is 5.95 Å². The van der Waals surface area contributed by atoms with Gasteiger partial charge in [-0.1, -0.05) is 26.7 Å². The maximum absolute atomic E-state index is 5.79. The van der Waals surface area contributed by atoms with Crippen molar-refractivity contribution in [3.63, 3.8) is 0 Å². The van der Waals surface area contributed by atoms with Crippen LogP contribution in [0, 0.1) is 5.92 Å². The minimum Gasteiger partial charge on any atom is -0.368 e. The van der Waals surface area contributed by atoms with Crippen LogP contribution in [0.4, 0.5) is 5.95 Å². The molecule has 0 spiro atoms. The topological polar surface area (TPSA) is 56.7 Å². The van der Waals surface area contributed by atoms with E-state index in [4.69, 9.17) is 5.73 Å². The number of aromatic nitrogens is 3. The largest absolute Gasteiger partial charge is 0.368 e. The molecule has 0 unspecified atom stereocenters. The summed E-state index contributed by atoms with van der Waals surface area (Å²) in [5.41, 5.74) is 5.99. The molecule has 1 fully saturated rings. The van der Waals surface area contributed by atoms with Crippen LogP contribution < -0.4 is 5.73 Å². The molecule has 2 N–H and O–H groups in total. The number of anilines is 1. The van der Waals surface area contributed by atoms with Crippen LogP contribution in [0.3, 0.4) is 0 Å². The molecule has 4 heteroatoms. The monoisotopic (exact) mass is 222 g/mol. The molecule has 90 valence electrons. The first-order valence-electron chi connectivity index (χ1n) is 6.20. The second-order valence-corrected chi connectivity index (χ2v) is 5.50. The minimum absolute atomic E-state index is 0.198. The van der Waals surface area contributed by atoms with Gasteiger partial charge in [-0.2, -0.15) is 10.1 Å². The molecular weight excluding hydrogens is 200 g/mol. The Bertz CT molecular complexity index is 342. The molecular formula is C12H22N4. The number of aryl methyl sites for hydroxylation is 1. The molecule has 1 aliphatic rings. The molecule has 4 nitrogen and oxygen atoms in total. The van der Waals surface area contributed by atoms with Gasteiger partial charge in [-0.15, -0.1) is 0 Å². The Kier molecular flexibility index (Phi) is 2.91. The molecule has 16 heavy (non-hydrogen) atoms. The molecule has 0 aliphatic heterocycles. The van der Waals surface area contributed by atoms with E-state index in [1.807, 2.05) is 7.05 Å². The first kappa shape index (κ1) is 11.4. The van der Waals surface area contributed by atoms with Gasteiger partial charge in [0.1, 0.15) is 0 Å². The third kappa shape index (κ3) is 1.93. The average molecular weight is 222 g/mol. The van der Waals surface area contributed by atoms with Crippen molar-refractivity contribution in [1.29, 1.82) is 0 Å². The van der Waals surface area contributed by atoms with Crippen LogP contribution in [-0.4, -0.2) is 14.8 Å². The van der Waals surface area contributed by atoms with E-state index in [2.05, 4.69) is 23.9 Å². The van der Waals surface area contributed by atoms with Gasteiger partial charge in [-0.05, 0) is 25.2 Å². The van der Waals surface area contributed by atoms with Gasteiger partial charge < -0.3 is 5.73 Å². The van der Waals surface area contributed by atoms with Gasteiger partial charge in [-0.3, -0.25) is 0 Å². The Morgan fingerprint density at radius 3 is 2.44 bits per heavy atom. The summed E-state index contributed by atoms with van der Waals surface area (Å²) in [5, 5.41) is 4.50. The molecule has 1 saturated carbocycles. The minimum atomic E-state index is 0.198. The summed E-state index contributed by atoms with van der Waals surface area (Å²) in [6.07, 6.45) is 6.20. The average Bonchev–Trinajstić information content (AvgIpc) is 2.75. The zero-order valence-electron chi connectivity index (χ0n) is 10.5. The van der Waals surface area contributed by atoms with Crippen molar-refractivity contribution in [3.05, 3.63) is 5.82 Å². The number of rotatable bonds is 3. The molecule has 0 amide bonds. The lowest BCUT2D eigenvalue weighted by Crippen LogP contribution is -2.26. The van der Waals surface area contributed by atoms with Crippen molar-refractivity contribution in [1.82, 2.24) is 14.8 Å². The molecule has 1 aromatic heterocycles. The van der Waals surface area contributed by atoms with E-state index in [0.717, 1.165) is 5.82 Å². The van der Waals surface area contributed by atoms with E-state index in [0.29, 0.717) is 11.9 Å². The predicted molar refractivity (Wildman–Crippen MR) is 65.0 cm³/mol. The summed E-state index contributed by atoms with van der Waals surface area (Å²) in [5.74, 6) is 2.19. The highest BCUT2D eigenvalue weighted by Gasteiger charge is 2.39. The third-order valence-electron chi connectivity index (χ3n) is 3.63. The second-order valence-electron chi connectivity index (χ2n) is 5.50. The zero-order chi connectivity index (χ0) is 11.8. The Morgan fingerprint density at radius 1 is 1.38 bits per heavy atom. The van der Waals surface area contributed by atoms with Gasteiger partial charge in [0.05, 0.1) is 0 Å². The zero-order valence-corrected chi connectivity index (χ0v) is 10.5. The van der Waals surface area contributed by atoms with Crippen LogP contribution in [0.25, 0.3) is 0 Å². The van der Waals surface area contributed by atoms with Crippen LogP contribution in [-0.2, 0) is 12.5 Å². The molecule has 1 aromatic rings. The smallest absolute Gasteiger partial charge is 0.218 e. The number of hydrogen-bond donors (Lipinski definition) is 1. The van der Waals surface area contributed by atoms with E-state index < -0.39 is 0 Å². The van der Waals surface area contributed by atoms with E-state index in [-0.39, 0.29) is 5.41 Å². The third-order valence-corrected chi connectivity index (χ3v) is 3.63. The Morgan fingerprint density at radius 2 is 2.00 bits per heavy atom. The molecule has 1 heterocycles. The fraction of sp³-hybridized carbons (Fsp3) is 0.833. The quantitative estimate of drug-likeness (QED) is 0.853. The Labute approximate surface area is 97.2 Å². The Balaban J connectivity index is 2.31. The summed E-state index contributed by atoms with van der Waals surface area (Å²) in [6.45, 7) is 4.54. The van der Waals surface area contributed by atoms with Crippen molar-refractivity contribution in [2.75, 3.05) is 5.73 Å². The van der Waals surface area contributed by atoms with Gasteiger partial charge in [0.2, 0.25) is 5.95 Å². The van der Waals surface area contributed by atoms with E-state index >= 15 is 0 Å². The van der Waals surface area contributed by atoms with Gasteiger partial charge in [0.25, 0.3) is 0 Å². The lowest BCUT2D eigenvalue weighted by Gasteiger charge is -2.27. The van der Waals surface area contributed by atoms with Crippen molar-refractivity contribution < 1.29 is 0 Å². The van der Waals surface area contributed by atoms with Crippen LogP contribution in [0.15, 0.2) is 0 Å². The fourth-order valence-corrected chi connectivity index (χ4v) is 2.97. The van der Waals surface area contributed by atoms with Gasteiger partial charge >= 0.3 is 0 Å². The van der Waals surface area contributed by atoms with E-state index in [1.165, 1.54) is 32.1 Å². The normalized spacial score (nSPS) is 19.5. The molecule has 0 bridgehead atoms. The molecule has 0 radical (unpaired) electrons. The summed E-state index contributed by atoms with van der Waals surface area (Å²) < 4.78 is 1.69. The van der Waals surface area contributed by atoms with Gasteiger partial charge in [0.15, 0.2) is 5.82 Å². The van der Waals surface area contributed by atoms with Gasteiger partial charge in [-0.25, -0.2) is 4.68 Å². The number of nitrogens with two attached hydrogens (primary N) is 1. The maximum atomic E-state index is 5.79. The molecule has 0 aromatic carbocycles.